The molecule has 4 rings (SSSR count). The first-order valence-electron chi connectivity index (χ1n) is 6.31. The highest BCUT2D eigenvalue weighted by Crippen LogP contribution is 2.39. The maximum absolute atomic E-state index is 6.07. The van der Waals surface area contributed by atoms with Crippen LogP contribution in [0.15, 0.2) is 0 Å². The highest BCUT2D eigenvalue weighted by molar-refractivity contribution is 5.00. The summed E-state index contributed by atoms with van der Waals surface area (Å²) < 4.78 is 0. The normalized spacial score (nSPS) is 43.9. The van der Waals surface area contributed by atoms with Crippen LogP contribution < -0.4 is 5.73 Å². The lowest BCUT2D eigenvalue weighted by molar-refractivity contribution is -0.00404. The number of hydrogen-bond donors (Lipinski definition) is 1. The highest BCUT2D eigenvalue weighted by atomic mass is 15.2. The minimum Gasteiger partial charge on any atom is -0.327 e. The number of hydrogen-bond acceptors (Lipinski definition) is 2. The Labute approximate surface area is 86.8 Å². The van der Waals surface area contributed by atoms with Gasteiger partial charge in [-0.3, -0.25) is 0 Å². The van der Waals surface area contributed by atoms with E-state index in [1.807, 2.05) is 0 Å². The second-order valence-electron chi connectivity index (χ2n) is 5.70. The number of nitrogens with two attached hydrogens (primary N) is 1. The summed E-state index contributed by atoms with van der Waals surface area (Å²) in [6.45, 7) is 3.97. The summed E-state index contributed by atoms with van der Waals surface area (Å²) in [5.74, 6) is 2.70. The molecule has 2 bridgehead atoms. The van der Waals surface area contributed by atoms with E-state index in [2.05, 4.69) is 4.90 Å². The van der Waals surface area contributed by atoms with Crippen molar-refractivity contribution >= 4 is 0 Å². The van der Waals surface area contributed by atoms with Crippen molar-refractivity contribution in [2.24, 2.45) is 23.5 Å². The summed E-state index contributed by atoms with van der Waals surface area (Å²) >= 11 is 0. The molecule has 0 aromatic heterocycles. The lowest BCUT2D eigenvalue weighted by Gasteiger charge is -2.52. The third-order valence-corrected chi connectivity index (χ3v) is 4.67. The zero-order chi connectivity index (χ0) is 9.54. The van der Waals surface area contributed by atoms with Crippen LogP contribution in [0.25, 0.3) is 0 Å². The standard InChI is InChI=1S/C12H22N2/c13-12-10-5-11(12)8-14(7-10)6-9-3-1-2-4-9/h9-12H,1-8,13H2. The molecule has 2 aliphatic carbocycles. The largest absolute Gasteiger partial charge is 0.327 e. The fraction of sp³-hybridized carbons (Fsp3) is 1.00. The Hall–Kier alpha value is -0.0800. The van der Waals surface area contributed by atoms with Crippen molar-refractivity contribution in [1.82, 2.24) is 4.90 Å². The summed E-state index contributed by atoms with van der Waals surface area (Å²) in [5.41, 5.74) is 6.07. The van der Waals surface area contributed by atoms with Crippen molar-refractivity contribution in [1.29, 1.82) is 0 Å². The van der Waals surface area contributed by atoms with Crippen molar-refractivity contribution in [3.05, 3.63) is 0 Å². The van der Waals surface area contributed by atoms with E-state index in [1.165, 1.54) is 51.7 Å². The van der Waals surface area contributed by atoms with E-state index < -0.39 is 0 Å². The van der Waals surface area contributed by atoms with Crippen LogP contribution in [0.5, 0.6) is 0 Å². The third-order valence-electron chi connectivity index (χ3n) is 4.67. The molecule has 0 amide bonds. The fourth-order valence-electron chi connectivity index (χ4n) is 3.73. The summed E-state index contributed by atoms with van der Waals surface area (Å²) in [5, 5.41) is 0. The molecular formula is C12H22N2. The zero-order valence-corrected chi connectivity index (χ0v) is 8.99. The molecule has 2 N–H and O–H groups in total. The summed E-state index contributed by atoms with van der Waals surface area (Å²) in [6, 6.07) is 0.551. The molecule has 2 saturated carbocycles. The van der Waals surface area contributed by atoms with Crippen LogP contribution in [0, 0.1) is 17.8 Å². The number of piperidine rings is 2. The molecular weight excluding hydrogens is 172 g/mol. The average molecular weight is 194 g/mol. The summed E-state index contributed by atoms with van der Waals surface area (Å²) in [7, 11) is 0. The molecule has 2 heteroatoms. The molecule has 2 saturated heterocycles. The van der Waals surface area contributed by atoms with Gasteiger partial charge in [-0.1, -0.05) is 12.8 Å². The fourth-order valence-corrected chi connectivity index (χ4v) is 3.73. The lowest BCUT2D eigenvalue weighted by Crippen LogP contribution is -2.62. The first-order valence-corrected chi connectivity index (χ1v) is 6.31. The summed E-state index contributed by atoms with van der Waals surface area (Å²) in [4.78, 5) is 2.69. The van der Waals surface area contributed by atoms with E-state index in [4.69, 9.17) is 5.73 Å². The topological polar surface area (TPSA) is 29.3 Å². The van der Waals surface area contributed by atoms with E-state index in [-0.39, 0.29) is 0 Å². The molecule has 2 heterocycles. The Morgan fingerprint density at radius 3 is 2.29 bits per heavy atom. The molecule has 2 nitrogen and oxygen atoms in total. The molecule has 0 aromatic rings. The van der Waals surface area contributed by atoms with Crippen LogP contribution >= 0.6 is 0 Å². The van der Waals surface area contributed by atoms with Crippen LogP contribution in [-0.4, -0.2) is 30.6 Å². The van der Waals surface area contributed by atoms with Gasteiger partial charge in [0, 0.05) is 25.7 Å². The maximum Gasteiger partial charge on any atom is 0.0120 e. The van der Waals surface area contributed by atoms with E-state index in [0.717, 1.165) is 17.8 Å². The second kappa shape index (κ2) is 3.49. The smallest absolute Gasteiger partial charge is 0.0120 e. The Morgan fingerprint density at radius 2 is 1.71 bits per heavy atom. The van der Waals surface area contributed by atoms with E-state index in [9.17, 15) is 0 Å². The molecule has 2 aliphatic heterocycles. The molecule has 0 spiro atoms. The molecule has 4 aliphatic rings. The highest BCUT2D eigenvalue weighted by Gasteiger charge is 2.44. The van der Waals surface area contributed by atoms with Crippen molar-refractivity contribution in [2.75, 3.05) is 19.6 Å². The van der Waals surface area contributed by atoms with Gasteiger partial charge in [0.2, 0.25) is 0 Å². The Bertz CT molecular complexity index is 198. The molecule has 0 radical (unpaired) electrons. The number of nitrogens with zero attached hydrogens (tertiary/aromatic N) is 1. The van der Waals surface area contributed by atoms with Gasteiger partial charge in [-0.25, -0.2) is 0 Å². The van der Waals surface area contributed by atoms with Crippen LogP contribution in [0.4, 0.5) is 0 Å². The number of rotatable bonds is 2. The van der Waals surface area contributed by atoms with Crippen LogP contribution in [0.3, 0.4) is 0 Å². The van der Waals surface area contributed by atoms with Crippen LogP contribution in [0.2, 0.25) is 0 Å². The van der Waals surface area contributed by atoms with E-state index >= 15 is 0 Å². The van der Waals surface area contributed by atoms with Gasteiger partial charge < -0.3 is 10.6 Å². The van der Waals surface area contributed by atoms with Gasteiger partial charge >= 0.3 is 0 Å². The van der Waals surface area contributed by atoms with Gasteiger partial charge in [-0.15, -0.1) is 0 Å². The van der Waals surface area contributed by atoms with Crippen molar-refractivity contribution in [3.8, 4) is 0 Å². The first-order chi connectivity index (χ1) is 6.83. The number of fused-ring (bicyclic) bond motifs is 2. The van der Waals surface area contributed by atoms with Gasteiger partial charge in [-0.2, -0.15) is 0 Å². The lowest BCUT2D eigenvalue weighted by atomic mass is 9.66. The van der Waals surface area contributed by atoms with Crippen LogP contribution in [0.1, 0.15) is 32.1 Å². The Balaban J connectivity index is 1.51. The van der Waals surface area contributed by atoms with Crippen LogP contribution in [-0.2, 0) is 0 Å². The molecule has 0 aromatic carbocycles. The van der Waals surface area contributed by atoms with E-state index in [1.54, 1.807) is 0 Å². The van der Waals surface area contributed by atoms with Crippen molar-refractivity contribution < 1.29 is 0 Å². The van der Waals surface area contributed by atoms with Crippen molar-refractivity contribution in [2.45, 2.75) is 38.1 Å². The predicted octanol–water partition coefficient (Wildman–Crippen LogP) is 1.46. The van der Waals surface area contributed by atoms with Gasteiger partial charge in [0.25, 0.3) is 0 Å². The SMILES string of the molecule is NC1C2CC1CN(CC1CCCC1)C2. The summed E-state index contributed by atoms with van der Waals surface area (Å²) in [6.07, 6.45) is 7.34. The first kappa shape index (κ1) is 9.17. The minimum atomic E-state index is 0.551. The maximum atomic E-state index is 6.07. The van der Waals surface area contributed by atoms with Crippen molar-refractivity contribution in [3.63, 3.8) is 0 Å². The average Bonchev–Trinajstić information content (AvgIpc) is 2.70. The zero-order valence-electron chi connectivity index (χ0n) is 8.99. The monoisotopic (exact) mass is 194 g/mol. The predicted molar refractivity (Wildman–Crippen MR) is 58.0 cm³/mol. The molecule has 2 atom stereocenters. The Kier molecular flexibility index (Phi) is 2.29. The van der Waals surface area contributed by atoms with Gasteiger partial charge in [-0.05, 0) is 37.0 Å². The van der Waals surface area contributed by atoms with Gasteiger partial charge in [0.15, 0.2) is 0 Å². The molecule has 4 fully saturated rings. The molecule has 14 heavy (non-hydrogen) atoms. The molecule has 80 valence electrons. The van der Waals surface area contributed by atoms with E-state index in [0.29, 0.717) is 6.04 Å². The Morgan fingerprint density at radius 1 is 1.07 bits per heavy atom. The second-order valence-corrected chi connectivity index (χ2v) is 5.70. The van der Waals surface area contributed by atoms with Gasteiger partial charge in [0.1, 0.15) is 0 Å². The third kappa shape index (κ3) is 1.49. The van der Waals surface area contributed by atoms with Gasteiger partial charge in [0.05, 0.1) is 0 Å². The quantitative estimate of drug-likeness (QED) is 0.721. The minimum absolute atomic E-state index is 0.551. The molecule has 2 unspecified atom stereocenters.